The first kappa shape index (κ1) is 14.3. The van der Waals surface area contributed by atoms with E-state index >= 15 is 0 Å². The van der Waals surface area contributed by atoms with Crippen molar-refractivity contribution in [1.82, 2.24) is 4.98 Å². The maximum Gasteiger partial charge on any atom is 0.0722 e. The number of carbonyl (C=O) groups is 1. The van der Waals surface area contributed by atoms with E-state index in [1.165, 1.54) is 6.07 Å². The molecule has 0 aliphatic rings. The summed E-state index contributed by atoms with van der Waals surface area (Å²) in [5.41, 5.74) is 2.12. The Balaban J connectivity index is 2.08. The zero-order valence-corrected chi connectivity index (χ0v) is 12.2. The quantitative estimate of drug-likeness (QED) is 0.745. The highest BCUT2D eigenvalue weighted by atomic mass is 35.5. The zero-order valence-electron chi connectivity index (χ0n) is 11.5. The van der Waals surface area contributed by atoms with Crippen molar-refractivity contribution in [3.63, 3.8) is 0 Å². The monoisotopic (exact) mass is 308 g/mol. The molecular weight excluding hydrogens is 298 g/mol. The number of hydrogen-bond donors (Lipinski definition) is 0. The Hall–Kier alpha value is -2.65. The van der Waals surface area contributed by atoms with E-state index in [2.05, 4.69) is 4.98 Å². The van der Waals surface area contributed by atoms with Gasteiger partial charge in [-0.25, -0.2) is 4.98 Å². The molecule has 3 nitrogen and oxygen atoms in total. The van der Waals surface area contributed by atoms with Crippen molar-refractivity contribution in [2.24, 2.45) is 0 Å². The number of carbonyl (C=O) groups excluding carboxylic acids is 1. The number of carboxylic acid groups (broad SMARTS) is 1. The third-order valence-electron chi connectivity index (χ3n) is 3.29. The molecule has 0 atom stereocenters. The number of pyridine rings is 1. The molecule has 2 aromatic carbocycles. The molecule has 3 rings (SSSR count). The summed E-state index contributed by atoms with van der Waals surface area (Å²) in [6.45, 7) is 0. The minimum atomic E-state index is -1.22. The predicted molar refractivity (Wildman–Crippen MR) is 86.5 cm³/mol. The number of aromatic nitrogens is 1. The third kappa shape index (κ3) is 2.85. The molecule has 0 spiro atoms. The van der Waals surface area contributed by atoms with E-state index in [9.17, 15) is 9.90 Å². The minimum Gasteiger partial charge on any atom is -0.545 e. The fraction of sp³-hybridized carbons (Fsp3) is 0. The molecule has 1 heterocycles. The average molecular weight is 309 g/mol. The Bertz CT molecular complexity index is 887. The summed E-state index contributed by atoms with van der Waals surface area (Å²) in [4.78, 5) is 15.8. The number of rotatable bonds is 3. The van der Waals surface area contributed by atoms with Gasteiger partial charge >= 0.3 is 0 Å². The number of para-hydroxylation sites is 1. The van der Waals surface area contributed by atoms with Gasteiger partial charge < -0.3 is 9.90 Å². The van der Waals surface area contributed by atoms with Crippen LogP contribution in [0.1, 0.15) is 21.6 Å². The van der Waals surface area contributed by atoms with Crippen LogP contribution in [0.5, 0.6) is 0 Å². The first-order valence-electron chi connectivity index (χ1n) is 6.69. The Morgan fingerprint density at radius 2 is 1.77 bits per heavy atom. The van der Waals surface area contributed by atoms with Gasteiger partial charge in [-0.1, -0.05) is 54.1 Å². The molecule has 0 N–H and O–H groups in total. The van der Waals surface area contributed by atoms with E-state index < -0.39 is 5.97 Å². The Morgan fingerprint density at radius 1 is 1.05 bits per heavy atom. The van der Waals surface area contributed by atoms with E-state index in [4.69, 9.17) is 11.6 Å². The lowest BCUT2D eigenvalue weighted by molar-refractivity contribution is -0.254. The molecule has 0 aliphatic heterocycles. The highest BCUT2D eigenvalue weighted by molar-refractivity contribution is 6.32. The van der Waals surface area contributed by atoms with Gasteiger partial charge in [0.15, 0.2) is 0 Å². The SMILES string of the molecule is O=C([O-])c1cc(/C=C/c2ccccc2Cl)nc2ccccc12. The Kier molecular flexibility index (Phi) is 3.90. The summed E-state index contributed by atoms with van der Waals surface area (Å²) in [5.74, 6) is -1.22. The smallest absolute Gasteiger partial charge is 0.0722 e. The number of nitrogens with zero attached hydrogens (tertiary/aromatic N) is 1. The van der Waals surface area contributed by atoms with Gasteiger partial charge in [-0.05, 0) is 29.8 Å². The minimum absolute atomic E-state index is 0.129. The number of halogens is 1. The second-order valence-electron chi connectivity index (χ2n) is 4.75. The highest BCUT2D eigenvalue weighted by Crippen LogP contribution is 2.21. The molecule has 0 aliphatic carbocycles. The van der Waals surface area contributed by atoms with Crippen LogP contribution in [0.2, 0.25) is 5.02 Å². The third-order valence-corrected chi connectivity index (χ3v) is 3.64. The van der Waals surface area contributed by atoms with Crippen LogP contribution in [0, 0.1) is 0 Å². The Morgan fingerprint density at radius 3 is 2.55 bits per heavy atom. The number of hydrogen-bond acceptors (Lipinski definition) is 3. The predicted octanol–water partition coefficient (Wildman–Crippen LogP) is 3.42. The summed E-state index contributed by atoms with van der Waals surface area (Å²) in [7, 11) is 0. The molecule has 0 bridgehead atoms. The second kappa shape index (κ2) is 6.00. The molecule has 3 aromatic rings. The van der Waals surface area contributed by atoms with Crippen LogP contribution in [0.25, 0.3) is 23.1 Å². The molecule has 4 heteroatoms. The number of aromatic carboxylic acids is 1. The van der Waals surface area contributed by atoms with Crippen molar-refractivity contribution in [1.29, 1.82) is 0 Å². The van der Waals surface area contributed by atoms with Gasteiger partial charge in [0.1, 0.15) is 0 Å². The van der Waals surface area contributed by atoms with Gasteiger partial charge in [0.05, 0.1) is 17.2 Å². The zero-order chi connectivity index (χ0) is 15.5. The van der Waals surface area contributed by atoms with Crippen LogP contribution in [0.4, 0.5) is 0 Å². The van der Waals surface area contributed by atoms with Gasteiger partial charge in [-0.15, -0.1) is 0 Å². The summed E-state index contributed by atoms with van der Waals surface area (Å²) in [5, 5.41) is 12.5. The molecule has 0 saturated heterocycles. The van der Waals surface area contributed by atoms with Crippen LogP contribution >= 0.6 is 11.6 Å². The number of fused-ring (bicyclic) bond motifs is 1. The van der Waals surface area contributed by atoms with Crippen LogP contribution in [-0.2, 0) is 0 Å². The average Bonchev–Trinajstić information content (AvgIpc) is 2.53. The summed E-state index contributed by atoms with van der Waals surface area (Å²) >= 11 is 6.09. The number of carboxylic acids is 1. The van der Waals surface area contributed by atoms with Crippen molar-refractivity contribution in [2.45, 2.75) is 0 Å². The van der Waals surface area contributed by atoms with Crippen LogP contribution in [0.15, 0.2) is 54.6 Å². The summed E-state index contributed by atoms with van der Waals surface area (Å²) in [6, 6.07) is 16.0. The van der Waals surface area contributed by atoms with Crippen LogP contribution in [-0.4, -0.2) is 11.0 Å². The lowest BCUT2D eigenvalue weighted by Gasteiger charge is -2.08. The standard InChI is InChI=1S/C18H12ClNO2/c19-16-7-3-1-5-12(16)9-10-13-11-15(18(21)22)14-6-2-4-8-17(14)20-13/h1-11H,(H,21,22)/p-1/b10-9+. The summed E-state index contributed by atoms with van der Waals surface area (Å²) < 4.78 is 0. The first-order valence-corrected chi connectivity index (χ1v) is 7.07. The lowest BCUT2D eigenvalue weighted by Crippen LogP contribution is -2.22. The summed E-state index contributed by atoms with van der Waals surface area (Å²) in [6.07, 6.45) is 3.54. The van der Waals surface area contributed by atoms with Crippen LogP contribution in [0.3, 0.4) is 0 Å². The van der Waals surface area contributed by atoms with Crippen molar-refractivity contribution >= 4 is 40.6 Å². The Labute approximate surface area is 132 Å². The van der Waals surface area contributed by atoms with E-state index in [0.717, 1.165) is 5.56 Å². The van der Waals surface area contributed by atoms with E-state index in [1.54, 1.807) is 36.4 Å². The molecule has 22 heavy (non-hydrogen) atoms. The van der Waals surface area contributed by atoms with Gasteiger partial charge in [-0.2, -0.15) is 0 Å². The van der Waals surface area contributed by atoms with E-state index in [-0.39, 0.29) is 5.56 Å². The van der Waals surface area contributed by atoms with Crippen molar-refractivity contribution in [2.75, 3.05) is 0 Å². The van der Waals surface area contributed by atoms with Crippen molar-refractivity contribution in [3.8, 4) is 0 Å². The molecule has 0 radical (unpaired) electrons. The maximum atomic E-state index is 11.3. The van der Waals surface area contributed by atoms with E-state index in [1.807, 2.05) is 24.3 Å². The van der Waals surface area contributed by atoms with Gasteiger partial charge in [0, 0.05) is 16.0 Å². The van der Waals surface area contributed by atoms with Crippen LogP contribution < -0.4 is 5.11 Å². The molecule has 108 valence electrons. The molecule has 0 fully saturated rings. The lowest BCUT2D eigenvalue weighted by atomic mass is 10.1. The van der Waals surface area contributed by atoms with E-state index in [0.29, 0.717) is 21.6 Å². The fourth-order valence-corrected chi connectivity index (χ4v) is 2.43. The number of benzene rings is 2. The molecule has 0 unspecified atom stereocenters. The molecule has 0 saturated carbocycles. The topological polar surface area (TPSA) is 53.0 Å². The normalized spacial score (nSPS) is 11.1. The van der Waals surface area contributed by atoms with Gasteiger partial charge in [0.2, 0.25) is 0 Å². The fourth-order valence-electron chi connectivity index (χ4n) is 2.24. The maximum absolute atomic E-state index is 11.3. The molecular formula is C18H11ClNO2-. The van der Waals surface area contributed by atoms with Gasteiger partial charge in [0.25, 0.3) is 0 Å². The highest BCUT2D eigenvalue weighted by Gasteiger charge is 2.05. The first-order chi connectivity index (χ1) is 10.6. The molecule has 1 aromatic heterocycles. The second-order valence-corrected chi connectivity index (χ2v) is 5.16. The largest absolute Gasteiger partial charge is 0.545 e. The molecule has 0 amide bonds. The van der Waals surface area contributed by atoms with Crippen molar-refractivity contribution < 1.29 is 9.90 Å². The van der Waals surface area contributed by atoms with Gasteiger partial charge in [-0.3, -0.25) is 0 Å². The van der Waals surface area contributed by atoms with Crippen molar-refractivity contribution in [3.05, 3.63) is 76.4 Å².